The lowest BCUT2D eigenvalue weighted by atomic mass is 10.0. The van der Waals surface area contributed by atoms with Gasteiger partial charge in [-0.3, -0.25) is 0 Å². The van der Waals surface area contributed by atoms with Crippen molar-refractivity contribution in [2.45, 2.75) is 32.2 Å². The summed E-state index contributed by atoms with van der Waals surface area (Å²) in [7, 11) is 0. The molecule has 2 aromatic rings. The Labute approximate surface area is 95.0 Å². The number of para-hydroxylation sites is 1. The lowest BCUT2D eigenvalue weighted by molar-refractivity contribution is 0.433. The van der Waals surface area contributed by atoms with Crippen molar-refractivity contribution >= 4 is 16.8 Å². The molecule has 1 aromatic heterocycles. The van der Waals surface area contributed by atoms with Crippen LogP contribution in [0.5, 0.6) is 0 Å². The maximum Gasteiger partial charge on any atom is 0.180 e. The Morgan fingerprint density at radius 2 is 2.19 bits per heavy atom. The van der Waals surface area contributed by atoms with Crippen LogP contribution in [0.4, 0.5) is 5.82 Å². The van der Waals surface area contributed by atoms with Gasteiger partial charge in [0.05, 0.1) is 5.39 Å². The number of benzene rings is 1. The van der Waals surface area contributed by atoms with Crippen LogP contribution in [0.25, 0.3) is 11.0 Å². The topological polar surface area (TPSA) is 29.3 Å². The van der Waals surface area contributed by atoms with Gasteiger partial charge in [0.1, 0.15) is 0 Å². The highest BCUT2D eigenvalue weighted by Crippen LogP contribution is 2.30. The van der Waals surface area contributed by atoms with Crippen molar-refractivity contribution in [3.05, 3.63) is 24.3 Å². The fourth-order valence-corrected chi connectivity index (χ4v) is 2.49. The first-order valence-electron chi connectivity index (χ1n) is 5.97. The lowest BCUT2D eigenvalue weighted by Crippen LogP contribution is -2.37. The summed E-state index contributed by atoms with van der Waals surface area (Å²) in [5.74, 6) is 1.02. The van der Waals surface area contributed by atoms with E-state index >= 15 is 0 Å². The highest BCUT2D eigenvalue weighted by molar-refractivity contribution is 5.88. The molecule has 3 rings (SSSR count). The molecule has 1 aliphatic rings. The maximum absolute atomic E-state index is 5.36. The van der Waals surface area contributed by atoms with Gasteiger partial charge in [0.2, 0.25) is 0 Å². The molecule has 2 heterocycles. The number of anilines is 1. The molecule has 3 heteroatoms. The molecule has 16 heavy (non-hydrogen) atoms. The number of rotatable bonds is 1. The van der Waals surface area contributed by atoms with E-state index in [4.69, 9.17) is 4.52 Å². The minimum atomic E-state index is 0.572. The molecule has 3 nitrogen and oxygen atoms in total. The summed E-state index contributed by atoms with van der Waals surface area (Å²) in [6.45, 7) is 3.36. The predicted molar refractivity (Wildman–Crippen MR) is 64.7 cm³/mol. The van der Waals surface area contributed by atoms with Crippen LogP contribution in [-0.4, -0.2) is 17.7 Å². The Hall–Kier alpha value is -1.51. The molecule has 0 bridgehead atoms. The summed E-state index contributed by atoms with van der Waals surface area (Å²) in [6.07, 6.45) is 3.83. The lowest BCUT2D eigenvalue weighted by Gasteiger charge is -2.33. The number of fused-ring (bicyclic) bond motifs is 1. The number of hydrogen-bond acceptors (Lipinski definition) is 3. The third kappa shape index (κ3) is 1.47. The molecule has 1 aliphatic heterocycles. The summed E-state index contributed by atoms with van der Waals surface area (Å²) in [6, 6.07) is 8.65. The van der Waals surface area contributed by atoms with Crippen molar-refractivity contribution in [2.75, 3.05) is 11.4 Å². The molecule has 1 atom stereocenters. The molecule has 0 spiro atoms. The van der Waals surface area contributed by atoms with E-state index in [1.165, 1.54) is 19.3 Å². The first-order valence-corrected chi connectivity index (χ1v) is 5.97. The SMILES string of the molecule is CC1CCCCN1c1noc2ccccc12. The molecule has 1 unspecified atom stereocenters. The van der Waals surface area contributed by atoms with Gasteiger partial charge in [-0.1, -0.05) is 17.3 Å². The molecule has 0 saturated carbocycles. The van der Waals surface area contributed by atoms with Gasteiger partial charge in [0, 0.05) is 12.6 Å². The zero-order valence-corrected chi connectivity index (χ0v) is 9.52. The van der Waals surface area contributed by atoms with Crippen molar-refractivity contribution in [3.8, 4) is 0 Å². The second kappa shape index (κ2) is 3.81. The summed E-state index contributed by atoms with van der Waals surface area (Å²) < 4.78 is 5.36. The molecule has 1 aromatic carbocycles. The smallest absolute Gasteiger partial charge is 0.180 e. The Morgan fingerprint density at radius 1 is 1.31 bits per heavy atom. The summed E-state index contributed by atoms with van der Waals surface area (Å²) >= 11 is 0. The van der Waals surface area contributed by atoms with Crippen LogP contribution in [0.2, 0.25) is 0 Å². The van der Waals surface area contributed by atoms with Crippen molar-refractivity contribution < 1.29 is 4.52 Å². The highest BCUT2D eigenvalue weighted by atomic mass is 16.5. The fraction of sp³-hybridized carbons (Fsp3) is 0.462. The minimum absolute atomic E-state index is 0.572. The molecule has 0 amide bonds. The fourth-order valence-electron chi connectivity index (χ4n) is 2.49. The highest BCUT2D eigenvalue weighted by Gasteiger charge is 2.22. The molecule has 0 aliphatic carbocycles. The van der Waals surface area contributed by atoms with Crippen LogP contribution < -0.4 is 4.90 Å². The Balaban J connectivity index is 2.04. The minimum Gasteiger partial charge on any atom is -0.354 e. The third-order valence-electron chi connectivity index (χ3n) is 3.43. The first-order chi connectivity index (χ1) is 7.86. The summed E-state index contributed by atoms with van der Waals surface area (Å²) in [4.78, 5) is 2.37. The van der Waals surface area contributed by atoms with Crippen LogP contribution in [0.1, 0.15) is 26.2 Å². The van der Waals surface area contributed by atoms with E-state index < -0.39 is 0 Å². The van der Waals surface area contributed by atoms with Crippen LogP contribution in [0.3, 0.4) is 0 Å². The first kappa shape index (κ1) is 9.70. The monoisotopic (exact) mass is 216 g/mol. The van der Waals surface area contributed by atoms with Gasteiger partial charge >= 0.3 is 0 Å². The van der Waals surface area contributed by atoms with E-state index in [9.17, 15) is 0 Å². The van der Waals surface area contributed by atoms with Crippen molar-refractivity contribution in [2.24, 2.45) is 0 Å². The normalized spacial score (nSPS) is 21.6. The van der Waals surface area contributed by atoms with Gasteiger partial charge in [0.15, 0.2) is 11.4 Å². The maximum atomic E-state index is 5.36. The van der Waals surface area contributed by atoms with Gasteiger partial charge in [-0.05, 0) is 38.3 Å². The van der Waals surface area contributed by atoms with E-state index in [0.29, 0.717) is 6.04 Å². The third-order valence-corrected chi connectivity index (χ3v) is 3.43. The van der Waals surface area contributed by atoms with Gasteiger partial charge in [-0.15, -0.1) is 0 Å². The molecular weight excluding hydrogens is 200 g/mol. The molecule has 84 valence electrons. The van der Waals surface area contributed by atoms with E-state index in [-0.39, 0.29) is 0 Å². The van der Waals surface area contributed by atoms with Crippen LogP contribution in [0, 0.1) is 0 Å². The molecule has 0 N–H and O–H groups in total. The zero-order valence-electron chi connectivity index (χ0n) is 9.52. The second-order valence-electron chi connectivity index (χ2n) is 4.54. The molecular formula is C13H16N2O. The van der Waals surface area contributed by atoms with Gasteiger partial charge < -0.3 is 9.42 Å². The summed E-state index contributed by atoms with van der Waals surface area (Å²) in [5, 5.41) is 5.36. The number of piperidine rings is 1. The van der Waals surface area contributed by atoms with E-state index in [1.54, 1.807) is 0 Å². The predicted octanol–water partition coefficient (Wildman–Crippen LogP) is 3.21. The van der Waals surface area contributed by atoms with Gasteiger partial charge in [-0.2, -0.15) is 0 Å². The van der Waals surface area contributed by atoms with Crippen molar-refractivity contribution in [3.63, 3.8) is 0 Å². The largest absolute Gasteiger partial charge is 0.354 e. The molecule has 0 radical (unpaired) electrons. The van der Waals surface area contributed by atoms with E-state index in [2.05, 4.69) is 23.0 Å². The average molecular weight is 216 g/mol. The average Bonchev–Trinajstić information content (AvgIpc) is 2.74. The number of hydrogen-bond donors (Lipinski definition) is 0. The van der Waals surface area contributed by atoms with E-state index in [0.717, 1.165) is 23.3 Å². The standard InChI is InChI=1S/C13H16N2O/c1-10-6-4-5-9-15(10)13-11-7-2-3-8-12(11)16-14-13/h2-3,7-8,10H,4-6,9H2,1H3. The van der Waals surface area contributed by atoms with Gasteiger partial charge in [0.25, 0.3) is 0 Å². The second-order valence-corrected chi connectivity index (χ2v) is 4.54. The Kier molecular flexibility index (Phi) is 2.31. The van der Waals surface area contributed by atoms with Crippen molar-refractivity contribution in [1.82, 2.24) is 5.16 Å². The number of aromatic nitrogens is 1. The number of nitrogens with zero attached hydrogens (tertiary/aromatic N) is 2. The van der Waals surface area contributed by atoms with E-state index in [1.807, 2.05) is 18.2 Å². The van der Waals surface area contributed by atoms with Crippen LogP contribution in [0.15, 0.2) is 28.8 Å². The zero-order chi connectivity index (χ0) is 11.0. The summed E-state index contributed by atoms with van der Waals surface area (Å²) in [5.41, 5.74) is 0.885. The Bertz CT molecular complexity index is 491. The van der Waals surface area contributed by atoms with Crippen LogP contribution in [-0.2, 0) is 0 Å². The van der Waals surface area contributed by atoms with Crippen LogP contribution >= 0.6 is 0 Å². The van der Waals surface area contributed by atoms with Crippen molar-refractivity contribution in [1.29, 1.82) is 0 Å². The Morgan fingerprint density at radius 3 is 3.06 bits per heavy atom. The molecule has 1 saturated heterocycles. The van der Waals surface area contributed by atoms with Gasteiger partial charge in [-0.25, -0.2) is 0 Å². The quantitative estimate of drug-likeness (QED) is 0.733. The molecule has 1 fully saturated rings.